The van der Waals surface area contributed by atoms with E-state index in [9.17, 15) is 9.59 Å². The van der Waals surface area contributed by atoms with Crippen LogP contribution in [0.5, 0.6) is 11.5 Å². The number of nitrogens with zero attached hydrogens (tertiary/aromatic N) is 1. The molecule has 32 heavy (non-hydrogen) atoms. The number of rotatable bonds is 6. The van der Waals surface area contributed by atoms with Crippen LogP contribution >= 0.6 is 0 Å². The molecule has 0 aliphatic carbocycles. The SMILES string of the molecule is CCOc1ccc(NC(=O)[C@@H]2c3ccccc3C(=O)N(C)[C@H]2c2ccc(OC)cc2)cc1. The van der Waals surface area contributed by atoms with Gasteiger partial charge in [0.1, 0.15) is 11.5 Å². The first kappa shape index (κ1) is 21.4. The molecule has 0 fully saturated rings. The number of carbonyl (C=O) groups excluding carboxylic acids is 2. The fourth-order valence-electron chi connectivity index (χ4n) is 4.20. The fraction of sp³-hybridized carbons (Fsp3) is 0.231. The monoisotopic (exact) mass is 430 g/mol. The van der Waals surface area contributed by atoms with Crippen molar-refractivity contribution < 1.29 is 19.1 Å². The largest absolute Gasteiger partial charge is 0.497 e. The molecule has 164 valence electrons. The third-order valence-electron chi connectivity index (χ3n) is 5.75. The molecule has 2 atom stereocenters. The van der Waals surface area contributed by atoms with Crippen molar-refractivity contribution >= 4 is 17.5 Å². The highest BCUT2D eigenvalue weighted by Crippen LogP contribution is 2.42. The summed E-state index contributed by atoms with van der Waals surface area (Å²) >= 11 is 0. The Hall–Kier alpha value is -3.80. The molecule has 6 nitrogen and oxygen atoms in total. The van der Waals surface area contributed by atoms with Gasteiger partial charge < -0.3 is 19.7 Å². The van der Waals surface area contributed by atoms with E-state index >= 15 is 0 Å². The zero-order valence-electron chi connectivity index (χ0n) is 18.4. The van der Waals surface area contributed by atoms with Crippen molar-refractivity contribution in [2.75, 3.05) is 26.1 Å². The quantitative estimate of drug-likeness (QED) is 0.619. The number of methoxy groups -OCH3 is 1. The Kier molecular flexibility index (Phi) is 6.12. The highest BCUT2D eigenvalue weighted by molar-refractivity contribution is 6.04. The van der Waals surface area contributed by atoms with Gasteiger partial charge in [-0.05, 0) is 60.5 Å². The summed E-state index contributed by atoms with van der Waals surface area (Å²) in [6.07, 6.45) is 0. The van der Waals surface area contributed by atoms with Crippen molar-refractivity contribution in [1.82, 2.24) is 4.90 Å². The minimum atomic E-state index is -0.575. The van der Waals surface area contributed by atoms with Crippen molar-refractivity contribution in [3.05, 3.63) is 89.5 Å². The van der Waals surface area contributed by atoms with Crippen LogP contribution in [0.4, 0.5) is 5.69 Å². The topological polar surface area (TPSA) is 67.9 Å². The number of amides is 2. The second-order valence-corrected chi connectivity index (χ2v) is 7.65. The molecule has 1 aliphatic heterocycles. The normalized spacial score (nSPS) is 17.5. The second kappa shape index (κ2) is 9.14. The zero-order valence-corrected chi connectivity index (χ0v) is 18.4. The number of fused-ring (bicyclic) bond motifs is 1. The molecular weight excluding hydrogens is 404 g/mol. The summed E-state index contributed by atoms with van der Waals surface area (Å²) in [6.45, 7) is 2.50. The molecule has 3 aromatic rings. The number of likely N-dealkylation sites (N-methyl/N-ethyl adjacent to an activating group) is 1. The van der Waals surface area contributed by atoms with E-state index in [4.69, 9.17) is 9.47 Å². The minimum Gasteiger partial charge on any atom is -0.497 e. The van der Waals surface area contributed by atoms with Gasteiger partial charge in [0.2, 0.25) is 5.91 Å². The van der Waals surface area contributed by atoms with Gasteiger partial charge in [-0.2, -0.15) is 0 Å². The Morgan fingerprint density at radius 1 is 0.969 bits per heavy atom. The summed E-state index contributed by atoms with van der Waals surface area (Å²) in [5.74, 6) is 0.603. The first-order chi connectivity index (χ1) is 15.5. The molecule has 4 rings (SSSR count). The van der Waals surface area contributed by atoms with E-state index in [1.807, 2.05) is 73.7 Å². The van der Waals surface area contributed by atoms with Gasteiger partial charge in [-0.25, -0.2) is 0 Å². The molecule has 0 bridgehead atoms. The molecular formula is C26H26N2O4. The molecule has 0 spiro atoms. The Bertz CT molecular complexity index is 1110. The number of hydrogen-bond donors (Lipinski definition) is 1. The van der Waals surface area contributed by atoms with Crippen LogP contribution in [0.15, 0.2) is 72.8 Å². The number of ether oxygens (including phenoxy) is 2. The maximum absolute atomic E-state index is 13.6. The molecule has 1 aliphatic rings. The lowest BCUT2D eigenvalue weighted by atomic mass is 9.79. The van der Waals surface area contributed by atoms with Gasteiger partial charge >= 0.3 is 0 Å². The van der Waals surface area contributed by atoms with Crippen LogP contribution in [0.1, 0.15) is 40.4 Å². The molecule has 0 radical (unpaired) electrons. The predicted octanol–water partition coefficient (Wildman–Crippen LogP) is 4.64. The van der Waals surface area contributed by atoms with Crippen molar-refractivity contribution in [2.24, 2.45) is 0 Å². The summed E-state index contributed by atoms with van der Waals surface area (Å²) in [4.78, 5) is 28.3. The summed E-state index contributed by atoms with van der Waals surface area (Å²) in [5.41, 5.74) is 2.80. The number of anilines is 1. The van der Waals surface area contributed by atoms with Crippen molar-refractivity contribution in [3.8, 4) is 11.5 Å². The van der Waals surface area contributed by atoms with Gasteiger partial charge in [0.05, 0.1) is 25.7 Å². The van der Waals surface area contributed by atoms with Crippen LogP contribution in [-0.2, 0) is 4.79 Å². The number of carbonyl (C=O) groups is 2. The summed E-state index contributed by atoms with van der Waals surface area (Å²) in [5, 5.41) is 3.02. The van der Waals surface area contributed by atoms with Crippen molar-refractivity contribution in [2.45, 2.75) is 18.9 Å². The maximum atomic E-state index is 13.6. The molecule has 0 unspecified atom stereocenters. The van der Waals surface area contributed by atoms with Gasteiger partial charge in [0, 0.05) is 18.3 Å². The number of nitrogens with one attached hydrogen (secondary N) is 1. The third-order valence-corrected chi connectivity index (χ3v) is 5.75. The molecule has 3 aromatic carbocycles. The highest BCUT2D eigenvalue weighted by atomic mass is 16.5. The predicted molar refractivity (Wildman–Crippen MR) is 123 cm³/mol. The van der Waals surface area contributed by atoms with E-state index in [0.29, 0.717) is 23.6 Å². The highest BCUT2D eigenvalue weighted by Gasteiger charge is 2.42. The van der Waals surface area contributed by atoms with Gasteiger partial charge in [0.15, 0.2) is 0 Å². The molecule has 2 amide bonds. The van der Waals surface area contributed by atoms with E-state index in [-0.39, 0.29) is 11.8 Å². The number of hydrogen-bond acceptors (Lipinski definition) is 4. The Labute approximate surface area is 187 Å². The van der Waals surface area contributed by atoms with Crippen LogP contribution in [0.2, 0.25) is 0 Å². The molecule has 1 heterocycles. The van der Waals surface area contributed by atoms with Crippen LogP contribution in [-0.4, -0.2) is 37.5 Å². The summed E-state index contributed by atoms with van der Waals surface area (Å²) < 4.78 is 10.8. The molecule has 0 aromatic heterocycles. The summed E-state index contributed by atoms with van der Waals surface area (Å²) in [6, 6.07) is 21.6. The van der Waals surface area contributed by atoms with E-state index in [2.05, 4.69) is 5.32 Å². The molecule has 0 saturated carbocycles. The minimum absolute atomic E-state index is 0.105. The Morgan fingerprint density at radius 3 is 2.28 bits per heavy atom. The standard InChI is InChI=1S/C26H26N2O4/c1-4-32-20-15-11-18(12-16-20)27-25(29)23-21-7-5-6-8-22(21)26(30)28(2)24(23)17-9-13-19(31-3)14-10-17/h5-16,23-24H,4H2,1-3H3,(H,27,29)/t23-,24+/m1/s1. The van der Waals surface area contributed by atoms with E-state index in [0.717, 1.165) is 16.9 Å². The first-order valence-corrected chi connectivity index (χ1v) is 10.6. The van der Waals surface area contributed by atoms with E-state index in [1.165, 1.54) is 0 Å². The van der Waals surface area contributed by atoms with Crippen LogP contribution in [0, 0.1) is 0 Å². The van der Waals surface area contributed by atoms with Crippen LogP contribution < -0.4 is 14.8 Å². The average Bonchev–Trinajstić information content (AvgIpc) is 2.82. The molecule has 0 saturated heterocycles. The second-order valence-electron chi connectivity index (χ2n) is 7.65. The van der Waals surface area contributed by atoms with Crippen LogP contribution in [0.25, 0.3) is 0 Å². The van der Waals surface area contributed by atoms with Crippen molar-refractivity contribution in [3.63, 3.8) is 0 Å². The summed E-state index contributed by atoms with van der Waals surface area (Å²) in [7, 11) is 3.35. The smallest absolute Gasteiger partial charge is 0.254 e. The van der Waals surface area contributed by atoms with E-state index in [1.54, 1.807) is 25.1 Å². The molecule has 1 N–H and O–H groups in total. The Balaban J connectivity index is 1.72. The van der Waals surface area contributed by atoms with Gasteiger partial charge in [-0.15, -0.1) is 0 Å². The lowest BCUT2D eigenvalue weighted by Crippen LogP contribution is -2.44. The number of benzene rings is 3. The van der Waals surface area contributed by atoms with Gasteiger partial charge in [-0.3, -0.25) is 9.59 Å². The molecule has 6 heteroatoms. The zero-order chi connectivity index (χ0) is 22.7. The third kappa shape index (κ3) is 4.04. The van der Waals surface area contributed by atoms with Crippen LogP contribution in [0.3, 0.4) is 0 Å². The average molecular weight is 431 g/mol. The van der Waals surface area contributed by atoms with E-state index < -0.39 is 12.0 Å². The van der Waals surface area contributed by atoms with Gasteiger partial charge in [0.25, 0.3) is 5.91 Å². The van der Waals surface area contributed by atoms with Gasteiger partial charge in [-0.1, -0.05) is 30.3 Å². The maximum Gasteiger partial charge on any atom is 0.254 e. The fourth-order valence-corrected chi connectivity index (χ4v) is 4.20. The van der Waals surface area contributed by atoms with Crippen molar-refractivity contribution in [1.29, 1.82) is 0 Å². The Morgan fingerprint density at radius 2 is 1.62 bits per heavy atom. The lowest BCUT2D eigenvalue weighted by Gasteiger charge is -2.39. The first-order valence-electron chi connectivity index (χ1n) is 10.6. The lowest BCUT2D eigenvalue weighted by molar-refractivity contribution is -0.119.